The molecule has 0 aliphatic carbocycles. The Morgan fingerprint density at radius 3 is 2.71 bits per heavy atom. The van der Waals surface area contributed by atoms with Crippen molar-refractivity contribution in [1.29, 1.82) is 0 Å². The Balaban J connectivity index is 1.54. The molecule has 1 aromatic rings. The third kappa shape index (κ3) is 3.95. The molecule has 0 spiro atoms. The molecule has 2 saturated heterocycles. The maximum absolute atomic E-state index is 13.9. The molecule has 2 heterocycles. The second-order valence-electron chi connectivity index (χ2n) is 6.35. The summed E-state index contributed by atoms with van der Waals surface area (Å²) in [5.74, 6) is 2.43. The first-order valence-corrected chi connectivity index (χ1v) is 9.52. The molecule has 2 aliphatic heterocycles. The Hall–Kier alpha value is -1.47. The van der Waals surface area contributed by atoms with Crippen molar-refractivity contribution in [2.24, 2.45) is 4.99 Å². The average Bonchev–Trinajstić information content (AvgIpc) is 3.03. The molecule has 1 unspecified atom stereocenters. The van der Waals surface area contributed by atoms with Gasteiger partial charge in [0.1, 0.15) is 5.82 Å². The summed E-state index contributed by atoms with van der Waals surface area (Å²) >= 11 is 1.79. The fourth-order valence-corrected chi connectivity index (χ4v) is 4.47. The van der Waals surface area contributed by atoms with E-state index in [0.29, 0.717) is 12.2 Å². The Bertz CT molecular complexity index is 584. The van der Waals surface area contributed by atoms with Crippen LogP contribution in [0.1, 0.15) is 6.42 Å². The van der Waals surface area contributed by atoms with Crippen LogP contribution in [0.25, 0.3) is 0 Å². The molecule has 3 rings (SSSR count). The zero-order valence-electron chi connectivity index (χ0n) is 14.0. The van der Waals surface area contributed by atoms with Crippen LogP contribution in [0.3, 0.4) is 0 Å². The predicted octanol–water partition coefficient (Wildman–Crippen LogP) is 1.39. The molecule has 2 aliphatic rings. The number of anilines is 1. The third-order valence-corrected chi connectivity index (χ3v) is 5.88. The van der Waals surface area contributed by atoms with Gasteiger partial charge >= 0.3 is 0 Å². The lowest BCUT2D eigenvalue weighted by Crippen LogP contribution is -2.55. The van der Waals surface area contributed by atoms with E-state index in [-0.39, 0.29) is 5.82 Å². The van der Waals surface area contributed by atoms with Crippen molar-refractivity contribution in [3.05, 3.63) is 30.1 Å². The first-order chi connectivity index (χ1) is 11.6. The molecule has 5 nitrogen and oxygen atoms in total. The summed E-state index contributed by atoms with van der Waals surface area (Å²) in [6.07, 6.45) is 0.822. The van der Waals surface area contributed by atoms with Crippen molar-refractivity contribution >= 4 is 23.4 Å². The van der Waals surface area contributed by atoms with Crippen molar-refractivity contribution in [2.75, 3.05) is 56.2 Å². The molecular formula is C17H25FN4OS. The number of nitrogens with zero attached hydrogens (tertiary/aromatic N) is 3. The largest absolute Gasteiger partial charge is 0.387 e. The van der Waals surface area contributed by atoms with Crippen LogP contribution in [0.15, 0.2) is 29.3 Å². The van der Waals surface area contributed by atoms with Crippen LogP contribution in [0.2, 0.25) is 0 Å². The molecule has 2 N–H and O–H groups in total. The molecule has 7 heteroatoms. The van der Waals surface area contributed by atoms with Crippen LogP contribution in [-0.4, -0.2) is 72.8 Å². The SMILES string of the molecule is CN=C(NCC1(O)CCSC1)N1CCN(c2ccccc2F)CC1. The number of benzene rings is 1. The summed E-state index contributed by atoms with van der Waals surface area (Å²) in [5.41, 5.74) is 0.0349. The molecule has 0 aromatic heterocycles. The van der Waals surface area contributed by atoms with E-state index in [2.05, 4.69) is 20.1 Å². The van der Waals surface area contributed by atoms with E-state index in [1.54, 1.807) is 24.9 Å². The van der Waals surface area contributed by atoms with E-state index in [1.165, 1.54) is 6.07 Å². The molecule has 1 atom stereocenters. The van der Waals surface area contributed by atoms with Gasteiger partial charge in [0, 0.05) is 45.5 Å². The summed E-state index contributed by atoms with van der Waals surface area (Å²) in [4.78, 5) is 8.58. The minimum Gasteiger partial charge on any atom is -0.387 e. The van der Waals surface area contributed by atoms with Gasteiger partial charge in [-0.05, 0) is 24.3 Å². The Kier molecular flexibility index (Phi) is 5.50. The smallest absolute Gasteiger partial charge is 0.193 e. The predicted molar refractivity (Wildman–Crippen MR) is 98.4 cm³/mol. The fourth-order valence-electron chi connectivity index (χ4n) is 3.18. The number of aliphatic hydroxyl groups is 1. The highest BCUT2D eigenvalue weighted by Crippen LogP contribution is 2.27. The molecule has 24 heavy (non-hydrogen) atoms. The summed E-state index contributed by atoms with van der Waals surface area (Å²) in [7, 11) is 1.76. The molecule has 1 aromatic carbocycles. The quantitative estimate of drug-likeness (QED) is 0.636. The second kappa shape index (κ2) is 7.61. The number of nitrogens with one attached hydrogen (secondary N) is 1. The Labute approximate surface area is 146 Å². The monoisotopic (exact) mass is 352 g/mol. The van der Waals surface area contributed by atoms with Crippen LogP contribution in [0.4, 0.5) is 10.1 Å². The topological polar surface area (TPSA) is 51.1 Å². The van der Waals surface area contributed by atoms with E-state index in [9.17, 15) is 9.50 Å². The standard InChI is InChI=1S/C17H25FN4OS/c1-19-16(20-12-17(23)6-11-24-13-17)22-9-7-21(8-10-22)15-5-3-2-4-14(15)18/h2-5,23H,6-13H2,1H3,(H,19,20). The van der Waals surface area contributed by atoms with Crippen LogP contribution in [0.5, 0.6) is 0 Å². The highest BCUT2D eigenvalue weighted by Gasteiger charge is 2.32. The van der Waals surface area contributed by atoms with Gasteiger partial charge in [-0.2, -0.15) is 11.8 Å². The minimum absolute atomic E-state index is 0.172. The minimum atomic E-state index is -0.629. The van der Waals surface area contributed by atoms with E-state index >= 15 is 0 Å². The van der Waals surface area contributed by atoms with Crippen LogP contribution in [0, 0.1) is 5.82 Å². The molecule has 0 amide bonds. The third-order valence-electron chi connectivity index (χ3n) is 4.64. The number of halogens is 1. The van der Waals surface area contributed by atoms with Crippen molar-refractivity contribution in [3.8, 4) is 0 Å². The molecule has 0 radical (unpaired) electrons. The normalized spacial score (nSPS) is 25.2. The number of para-hydroxylation sites is 1. The number of piperazine rings is 1. The lowest BCUT2D eigenvalue weighted by Gasteiger charge is -2.38. The van der Waals surface area contributed by atoms with Gasteiger partial charge in [0.2, 0.25) is 0 Å². The Morgan fingerprint density at radius 2 is 2.08 bits per heavy atom. The summed E-state index contributed by atoms with van der Waals surface area (Å²) in [5, 5.41) is 13.8. The van der Waals surface area contributed by atoms with Crippen molar-refractivity contribution in [3.63, 3.8) is 0 Å². The van der Waals surface area contributed by atoms with E-state index in [4.69, 9.17) is 0 Å². The summed E-state index contributed by atoms with van der Waals surface area (Å²) in [6, 6.07) is 6.91. The van der Waals surface area contributed by atoms with Gasteiger partial charge < -0.3 is 20.2 Å². The van der Waals surface area contributed by atoms with Gasteiger partial charge in [-0.25, -0.2) is 4.39 Å². The summed E-state index contributed by atoms with van der Waals surface area (Å²) in [6.45, 7) is 3.59. The highest BCUT2D eigenvalue weighted by molar-refractivity contribution is 7.99. The second-order valence-corrected chi connectivity index (χ2v) is 7.46. The number of aliphatic imine (C=N–C) groups is 1. The van der Waals surface area contributed by atoms with Crippen molar-refractivity contribution in [1.82, 2.24) is 10.2 Å². The van der Waals surface area contributed by atoms with Crippen LogP contribution in [-0.2, 0) is 0 Å². The zero-order chi connectivity index (χ0) is 17.0. The van der Waals surface area contributed by atoms with Gasteiger partial charge in [0.15, 0.2) is 5.96 Å². The van der Waals surface area contributed by atoms with Gasteiger partial charge in [0.25, 0.3) is 0 Å². The molecule has 0 saturated carbocycles. The zero-order valence-corrected chi connectivity index (χ0v) is 14.9. The molecule has 0 bridgehead atoms. The number of hydrogen-bond acceptors (Lipinski definition) is 4. The first-order valence-electron chi connectivity index (χ1n) is 8.36. The van der Waals surface area contributed by atoms with Gasteiger partial charge in [0.05, 0.1) is 11.3 Å². The number of rotatable bonds is 3. The Morgan fingerprint density at radius 1 is 1.33 bits per heavy atom. The van der Waals surface area contributed by atoms with Crippen LogP contribution < -0.4 is 10.2 Å². The lowest BCUT2D eigenvalue weighted by molar-refractivity contribution is 0.0716. The number of guanidine groups is 1. The van der Waals surface area contributed by atoms with E-state index < -0.39 is 5.60 Å². The van der Waals surface area contributed by atoms with E-state index in [1.807, 2.05) is 12.1 Å². The molecule has 132 valence electrons. The maximum Gasteiger partial charge on any atom is 0.193 e. The van der Waals surface area contributed by atoms with Crippen LogP contribution >= 0.6 is 11.8 Å². The number of hydrogen-bond donors (Lipinski definition) is 2. The van der Waals surface area contributed by atoms with E-state index in [0.717, 1.165) is 50.1 Å². The average molecular weight is 352 g/mol. The first kappa shape index (κ1) is 17.4. The number of thioether (sulfide) groups is 1. The van der Waals surface area contributed by atoms with Gasteiger partial charge in [-0.3, -0.25) is 4.99 Å². The van der Waals surface area contributed by atoms with Crippen molar-refractivity contribution < 1.29 is 9.50 Å². The maximum atomic E-state index is 13.9. The molecule has 2 fully saturated rings. The van der Waals surface area contributed by atoms with Gasteiger partial charge in [-0.1, -0.05) is 12.1 Å². The summed E-state index contributed by atoms with van der Waals surface area (Å²) < 4.78 is 13.9. The molecular weight excluding hydrogens is 327 g/mol. The van der Waals surface area contributed by atoms with Crippen molar-refractivity contribution in [2.45, 2.75) is 12.0 Å². The van der Waals surface area contributed by atoms with Gasteiger partial charge in [-0.15, -0.1) is 0 Å². The lowest BCUT2D eigenvalue weighted by atomic mass is 10.0. The highest BCUT2D eigenvalue weighted by atomic mass is 32.2. The fraction of sp³-hybridized carbons (Fsp3) is 0.588.